The molecule has 0 aliphatic carbocycles. The lowest BCUT2D eigenvalue weighted by Gasteiger charge is -2.17. The first-order chi connectivity index (χ1) is 14.3. The summed E-state index contributed by atoms with van der Waals surface area (Å²) in [6.07, 6.45) is 10.6. The topological polar surface area (TPSA) is 78.8 Å². The van der Waals surface area contributed by atoms with Crippen LogP contribution in [0.1, 0.15) is 76.5 Å². The van der Waals surface area contributed by atoms with Crippen molar-refractivity contribution in [1.82, 2.24) is 5.32 Å². The number of allylic oxidation sites excluding steroid dienone is 4. The molecule has 0 atom stereocenters. The molecule has 5 nitrogen and oxygen atoms in total. The third kappa shape index (κ3) is 8.93. The van der Waals surface area contributed by atoms with Crippen LogP contribution in [0.5, 0.6) is 11.5 Å². The van der Waals surface area contributed by atoms with E-state index in [0.717, 1.165) is 49.7 Å². The molecule has 0 aromatic heterocycles. The lowest BCUT2D eigenvalue weighted by molar-refractivity contribution is 0.149. The van der Waals surface area contributed by atoms with Gasteiger partial charge in [-0.15, -0.1) is 0 Å². The largest absolute Gasteiger partial charge is 0.508 e. The zero-order chi connectivity index (χ0) is 22.5. The van der Waals surface area contributed by atoms with E-state index in [2.05, 4.69) is 45.2 Å². The molecule has 0 aliphatic rings. The van der Waals surface area contributed by atoms with Crippen molar-refractivity contribution in [2.75, 3.05) is 13.7 Å². The van der Waals surface area contributed by atoms with Crippen molar-refractivity contribution in [3.05, 3.63) is 46.1 Å². The maximum atomic E-state index is 11.4. The van der Waals surface area contributed by atoms with Gasteiger partial charge in [0.15, 0.2) is 0 Å². The van der Waals surface area contributed by atoms with Crippen molar-refractivity contribution in [1.29, 1.82) is 0 Å². The minimum absolute atomic E-state index is 0.121. The number of benzene rings is 1. The molecule has 0 saturated carbocycles. The first-order valence-corrected chi connectivity index (χ1v) is 11.0. The molecular formula is C25H39NO4. The molecule has 0 fully saturated rings. The number of carbonyl (C=O) groups excluding carboxylic acids is 1. The third-order valence-corrected chi connectivity index (χ3v) is 5.16. The standard InChI is InChI=1S/C25H39NO4/c1-6-7-8-12-20-17-23(27)22(14-13-19(4)11-9-10-18(2)3)24(28)21(20)15-16-30-25(29)26-5/h10,13,17,27-28H,6-9,11-12,14-16H2,1-5H3,(H,26,29)/b19-13-. The number of nitrogens with one attached hydrogen (secondary N) is 1. The van der Waals surface area contributed by atoms with E-state index in [-0.39, 0.29) is 18.1 Å². The van der Waals surface area contributed by atoms with Crippen LogP contribution in [-0.4, -0.2) is 30.0 Å². The molecule has 5 heteroatoms. The number of hydrogen-bond donors (Lipinski definition) is 3. The average molecular weight is 418 g/mol. The lowest BCUT2D eigenvalue weighted by atomic mass is 9.93. The SMILES string of the molecule is CCCCCc1cc(O)c(C/C=C(/C)CCC=C(C)C)c(O)c1CCOC(=O)NC. The highest BCUT2D eigenvalue weighted by Crippen LogP contribution is 2.36. The molecule has 0 aliphatic heterocycles. The van der Waals surface area contributed by atoms with E-state index in [0.29, 0.717) is 18.4 Å². The van der Waals surface area contributed by atoms with E-state index in [9.17, 15) is 15.0 Å². The van der Waals surface area contributed by atoms with Crippen molar-refractivity contribution in [2.24, 2.45) is 0 Å². The molecule has 0 heterocycles. The fraction of sp³-hybridized carbons (Fsp3) is 0.560. The fourth-order valence-corrected chi connectivity index (χ4v) is 3.35. The Morgan fingerprint density at radius 1 is 1.10 bits per heavy atom. The Morgan fingerprint density at radius 3 is 2.47 bits per heavy atom. The number of phenols is 2. The maximum Gasteiger partial charge on any atom is 0.406 e. The van der Waals surface area contributed by atoms with E-state index in [1.165, 1.54) is 18.2 Å². The van der Waals surface area contributed by atoms with Gasteiger partial charge >= 0.3 is 6.09 Å². The van der Waals surface area contributed by atoms with Crippen LogP contribution in [0.15, 0.2) is 29.4 Å². The van der Waals surface area contributed by atoms with Gasteiger partial charge in [-0.2, -0.15) is 0 Å². The van der Waals surface area contributed by atoms with Crippen molar-refractivity contribution >= 4 is 6.09 Å². The Labute approximate surface area is 181 Å². The number of carbonyl (C=O) groups is 1. The number of rotatable bonds is 12. The number of phenolic OH excluding ortho intramolecular Hbond substituents is 2. The molecule has 0 spiro atoms. The first kappa shape index (κ1) is 25.6. The monoisotopic (exact) mass is 417 g/mol. The normalized spacial score (nSPS) is 11.3. The second-order valence-electron chi connectivity index (χ2n) is 8.03. The predicted molar refractivity (Wildman–Crippen MR) is 123 cm³/mol. The van der Waals surface area contributed by atoms with E-state index >= 15 is 0 Å². The Balaban J connectivity index is 3.03. The van der Waals surface area contributed by atoms with Gasteiger partial charge in [-0.25, -0.2) is 4.79 Å². The summed E-state index contributed by atoms with van der Waals surface area (Å²) < 4.78 is 5.12. The van der Waals surface area contributed by atoms with Crippen molar-refractivity contribution < 1.29 is 19.7 Å². The van der Waals surface area contributed by atoms with Crippen LogP contribution in [0.25, 0.3) is 0 Å². The Kier molecular flexibility index (Phi) is 11.7. The molecule has 0 unspecified atom stereocenters. The van der Waals surface area contributed by atoms with E-state index in [4.69, 9.17) is 4.74 Å². The summed E-state index contributed by atoms with van der Waals surface area (Å²) in [7, 11) is 1.51. The minimum Gasteiger partial charge on any atom is -0.508 e. The number of hydrogen-bond acceptors (Lipinski definition) is 4. The molecular weight excluding hydrogens is 378 g/mol. The zero-order valence-corrected chi connectivity index (χ0v) is 19.3. The smallest absolute Gasteiger partial charge is 0.406 e. The number of aromatic hydroxyl groups is 2. The number of ether oxygens (including phenoxy) is 1. The van der Waals surface area contributed by atoms with Gasteiger partial charge in [0.25, 0.3) is 0 Å². The molecule has 0 saturated heterocycles. The molecule has 1 amide bonds. The predicted octanol–water partition coefficient (Wildman–Crippen LogP) is 5.96. The van der Waals surface area contributed by atoms with Gasteiger partial charge in [-0.05, 0) is 64.5 Å². The van der Waals surface area contributed by atoms with Gasteiger partial charge in [0.1, 0.15) is 11.5 Å². The van der Waals surface area contributed by atoms with Crippen LogP contribution in [-0.2, 0) is 24.0 Å². The summed E-state index contributed by atoms with van der Waals surface area (Å²) in [6.45, 7) is 8.57. The second-order valence-corrected chi connectivity index (χ2v) is 8.03. The minimum atomic E-state index is -0.490. The van der Waals surface area contributed by atoms with Crippen LogP contribution < -0.4 is 5.32 Å². The number of aryl methyl sites for hydroxylation is 1. The van der Waals surface area contributed by atoms with Crippen molar-refractivity contribution in [3.8, 4) is 11.5 Å². The molecule has 168 valence electrons. The van der Waals surface area contributed by atoms with Gasteiger partial charge in [-0.3, -0.25) is 0 Å². The first-order valence-electron chi connectivity index (χ1n) is 11.0. The highest BCUT2D eigenvalue weighted by Gasteiger charge is 2.17. The van der Waals surface area contributed by atoms with Gasteiger partial charge in [-0.1, -0.05) is 43.1 Å². The number of unbranched alkanes of at least 4 members (excludes halogenated alkanes) is 2. The van der Waals surface area contributed by atoms with Crippen LogP contribution in [0.3, 0.4) is 0 Å². The Bertz CT molecular complexity index is 746. The van der Waals surface area contributed by atoms with E-state index < -0.39 is 6.09 Å². The van der Waals surface area contributed by atoms with Crippen LogP contribution in [0.2, 0.25) is 0 Å². The summed E-state index contributed by atoms with van der Waals surface area (Å²) in [6, 6.07) is 1.77. The summed E-state index contributed by atoms with van der Waals surface area (Å²) in [5, 5.41) is 23.9. The van der Waals surface area contributed by atoms with Crippen LogP contribution >= 0.6 is 0 Å². The average Bonchev–Trinajstić information content (AvgIpc) is 2.69. The molecule has 3 N–H and O–H groups in total. The summed E-state index contributed by atoms with van der Waals surface area (Å²) in [5.74, 6) is 0.249. The molecule has 1 aromatic rings. The third-order valence-electron chi connectivity index (χ3n) is 5.16. The molecule has 0 radical (unpaired) electrons. The van der Waals surface area contributed by atoms with Gasteiger partial charge in [0.05, 0.1) is 6.61 Å². The van der Waals surface area contributed by atoms with Gasteiger partial charge in [0.2, 0.25) is 0 Å². The van der Waals surface area contributed by atoms with Gasteiger partial charge < -0.3 is 20.3 Å². The summed E-state index contributed by atoms with van der Waals surface area (Å²) in [4.78, 5) is 11.4. The van der Waals surface area contributed by atoms with Crippen molar-refractivity contribution in [3.63, 3.8) is 0 Å². The maximum absolute atomic E-state index is 11.4. The highest BCUT2D eigenvalue weighted by molar-refractivity contribution is 5.66. The molecule has 1 aromatic carbocycles. The molecule has 1 rings (SSSR count). The molecule has 30 heavy (non-hydrogen) atoms. The van der Waals surface area contributed by atoms with E-state index in [1.807, 2.05) is 0 Å². The highest BCUT2D eigenvalue weighted by atomic mass is 16.5. The second kappa shape index (κ2) is 13.7. The van der Waals surface area contributed by atoms with Gasteiger partial charge in [0, 0.05) is 24.6 Å². The Hall–Kier alpha value is -2.43. The molecule has 0 bridgehead atoms. The van der Waals surface area contributed by atoms with Crippen molar-refractivity contribution in [2.45, 2.75) is 79.1 Å². The zero-order valence-electron chi connectivity index (χ0n) is 19.3. The van der Waals surface area contributed by atoms with Crippen LogP contribution in [0, 0.1) is 0 Å². The number of alkyl carbamates (subject to hydrolysis) is 1. The van der Waals surface area contributed by atoms with Crippen LogP contribution in [0.4, 0.5) is 4.79 Å². The quantitative estimate of drug-likeness (QED) is 0.289. The lowest BCUT2D eigenvalue weighted by Crippen LogP contribution is -2.20. The summed E-state index contributed by atoms with van der Waals surface area (Å²) >= 11 is 0. The Morgan fingerprint density at radius 2 is 1.83 bits per heavy atom. The van der Waals surface area contributed by atoms with E-state index in [1.54, 1.807) is 6.07 Å². The number of amides is 1. The summed E-state index contributed by atoms with van der Waals surface area (Å²) in [5.41, 5.74) is 4.75. The fourth-order valence-electron chi connectivity index (χ4n) is 3.35.